The van der Waals surface area contributed by atoms with E-state index >= 15 is 0 Å². The van der Waals surface area contributed by atoms with Crippen LogP contribution in [0, 0.1) is 0 Å². The maximum atomic E-state index is 12.5. The smallest absolute Gasteiger partial charge is 0.271 e. The van der Waals surface area contributed by atoms with Crippen LogP contribution in [0.1, 0.15) is 52.6 Å². The first-order valence-electron chi connectivity index (χ1n) is 11.1. The SMILES string of the molecule is CC(C)(C)c1ccc(C(=O)Nc2ccc(C(=O)NN=Cc3ccc4ccccc4c3)cc2)cc1. The molecule has 0 atom stereocenters. The summed E-state index contributed by atoms with van der Waals surface area (Å²) in [6, 6.07) is 28.3. The topological polar surface area (TPSA) is 70.6 Å². The largest absolute Gasteiger partial charge is 0.322 e. The number of hydrogen-bond acceptors (Lipinski definition) is 3. The summed E-state index contributed by atoms with van der Waals surface area (Å²) in [5, 5.41) is 9.19. The van der Waals surface area contributed by atoms with Gasteiger partial charge in [-0.05, 0) is 69.8 Å². The molecule has 2 N–H and O–H groups in total. The lowest BCUT2D eigenvalue weighted by atomic mass is 9.87. The monoisotopic (exact) mass is 449 g/mol. The van der Waals surface area contributed by atoms with Crippen LogP contribution >= 0.6 is 0 Å². The Morgan fingerprint density at radius 1 is 0.735 bits per heavy atom. The van der Waals surface area contributed by atoms with Gasteiger partial charge < -0.3 is 5.32 Å². The average molecular weight is 450 g/mol. The summed E-state index contributed by atoms with van der Waals surface area (Å²) < 4.78 is 0. The van der Waals surface area contributed by atoms with Crippen molar-refractivity contribution in [1.29, 1.82) is 0 Å². The second-order valence-electron chi connectivity index (χ2n) is 9.16. The van der Waals surface area contributed by atoms with Gasteiger partial charge in [0, 0.05) is 16.8 Å². The summed E-state index contributed by atoms with van der Waals surface area (Å²) >= 11 is 0. The summed E-state index contributed by atoms with van der Waals surface area (Å²) in [6.07, 6.45) is 1.61. The molecule has 0 bridgehead atoms. The van der Waals surface area contributed by atoms with Gasteiger partial charge in [-0.2, -0.15) is 5.10 Å². The van der Waals surface area contributed by atoms with E-state index in [1.54, 1.807) is 30.5 Å². The van der Waals surface area contributed by atoms with E-state index in [2.05, 4.69) is 36.6 Å². The van der Waals surface area contributed by atoms with Crippen LogP contribution in [0.5, 0.6) is 0 Å². The number of carbonyl (C=O) groups is 2. The lowest BCUT2D eigenvalue weighted by Crippen LogP contribution is -2.18. The minimum absolute atomic E-state index is 0.0327. The number of benzene rings is 4. The molecular formula is C29H27N3O2. The molecule has 5 nitrogen and oxygen atoms in total. The van der Waals surface area contributed by atoms with E-state index in [1.165, 1.54) is 5.56 Å². The van der Waals surface area contributed by atoms with Crippen molar-refractivity contribution in [3.05, 3.63) is 113 Å². The Kier molecular flexibility index (Phi) is 6.55. The van der Waals surface area contributed by atoms with Gasteiger partial charge >= 0.3 is 0 Å². The van der Waals surface area contributed by atoms with Crippen LogP contribution in [0.3, 0.4) is 0 Å². The summed E-state index contributed by atoms with van der Waals surface area (Å²) in [5.74, 6) is -0.523. The molecule has 0 aliphatic carbocycles. The zero-order valence-corrected chi connectivity index (χ0v) is 19.5. The lowest BCUT2D eigenvalue weighted by Gasteiger charge is -2.19. The normalized spacial score (nSPS) is 11.5. The lowest BCUT2D eigenvalue weighted by molar-refractivity contribution is 0.0954. The van der Waals surface area contributed by atoms with Gasteiger partial charge in [-0.1, -0.05) is 69.3 Å². The van der Waals surface area contributed by atoms with Crippen LogP contribution in [-0.4, -0.2) is 18.0 Å². The van der Waals surface area contributed by atoms with Crippen molar-refractivity contribution in [1.82, 2.24) is 5.43 Å². The van der Waals surface area contributed by atoms with Gasteiger partial charge in [0.25, 0.3) is 11.8 Å². The molecule has 0 radical (unpaired) electrons. The third-order valence-corrected chi connectivity index (χ3v) is 5.57. The molecule has 5 heteroatoms. The second-order valence-corrected chi connectivity index (χ2v) is 9.16. The number of rotatable bonds is 5. The molecular weight excluding hydrogens is 422 g/mol. The Morgan fingerprint density at radius 3 is 2.03 bits per heavy atom. The third kappa shape index (κ3) is 5.56. The quantitative estimate of drug-likeness (QED) is 0.283. The van der Waals surface area contributed by atoms with Gasteiger partial charge in [0.15, 0.2) is 0 Å². The second kappa shape index (κ2) is 9.71. The van der Waals surface area contributed by atoms with Crippen LogP contribution in [0.4, 0.5) is 5.69 Å². The molecule has 4 aromatic rings. The van der Waals surface area contributed by atoms with Gasteiger partial charge in [0.2, 0.25) is 0 Å². The number of nitrogens with one attached hydrogen (secondary N) is 2. The van der Waals surface area contributed by atoms with E-state index in [-0.39, 0.29) is 17.2 Å². The highest BCUT2D eigenvalue weighted by molar-refractivity contribution is 6.04. The van der Waals surface area contributed by atoms with Crippen molar-refractivity contribution < 1.29 is 9.59 Å². The van der Waals surface area contributed by atoms with Crippen LogP contribution in [-0.2, 0) is 5.41 Å². The molecule has 4 aromatic carbocycles. The van der Waals surface area contributed by atoms with Crippen LogP contribution in [0.15, 0.2) is 96.1 Å². The molecule has 0 unspecified atom stereocenters. The highest BCUT2D eigenvalue weighted by Gasteiger charge is 2.14. The fourth-order valence-corrected chi connectivity index (χ4v) is 3.55. The molecule has 0 saturated carbocycles. The molecule has 0 fully saturated rings. The first-order valence-corrected chi connectivity index (χ1v) is 11.1. The Hall–Kier alpha value is -4.25. The van der Waals surface area contributed by atoms with Gasteiger partial charge in [0.1, 0.15) is 0 Å². The number of fused-ring (bicyclic) bond motifs is 1. The molecule has 0 spiro atoms. The highest BCUT2D eigenvalue weighted by atomic mass is 16.2. The number of amides is 2. The zero-order chi connectivity index (χ0) is 24.1. The summed E-state index contributed by atoms with van der Waals surface area (Å²) in [4.78, 5) is 24.9. The summed E-state index contributed by atoms with van der Waals surface area (Å²) in [6.45, 7) is 6.40. The first-order chi connectivity index (χ1) is 16.3. The van der Waals surface area contributed by atoms with E-state index in [9.17, 15) is 9.59 Å². The number of hydrogen-bond donors (Lipinski definition) is 2. The zero-order valence-electron chi connectivity index (χ0n) is 19.5. The molecule has 4 rings (SSSR count). The Morgan fingerprint density at radius 2 is 1.35 bits per heavy atom. The number of anilines is 1. The number of nitrogens with zero attached hydrogens (tertiary/aromatic N) is 1. The Balaban J connectivity index is 1.34. The van der Waals surface area contributed by atoms with E-state index in [4.69, 9.17) is 0 Å². The molecule has 0 aromatic heterocycles. The number of hydrazone groups is 1. The minimum Gasteiger partial charge on any atom is -0.322 e. The van der Waals surface area contributed by atoms with Crippen molar-refractivity contribution in [2.24, 2.45) is 5.10 Å². The van der Waals surface area contributed by atoms with E-state index in [1.807, 2.05) is 66.7 Å². The van der Waals surface area contributed by atoms with Crippen molar-refractivity contribution in [2.45, 2.75) is 26.2 Å². The Bertz CT molecular complexity index is 1350. The highest BCUT2D eigenvalue weighted by Crippen LogP contribution is 2.22. The van der Waals surface area contributed by atoms with Crippen LogP contribution in [0.2, 0.25) is 0 Å². The maximum Gasteiger partial charge on any atom is 0.271 e. The molecule has 0 saturated heterocycles. The van der Waals surface area contributed by atoms with Crippen molar-refractivity contribution in [3.8, 4) is 0 Å². The molecule has 34 heavy (non-hydrogen) atoms. The fraction of sp³-hybridized carbons (Fsp3) is 0.138. The summed E-state index contributed by atoms with van der Waals surface area (Å²) in [7, 11) is 0. The van der Waals surface area contributed by atoms with Gasteiger partial charge in [-0.25, -0.2) is 5.43 Å². The predicted octanol–water partition coefficient (Wildman–Crippen LogP) is 6.15. The van der Waals surface area contributed by atoms with Gasteiger partial charge in [-0.3, -0.25) is 9.59 Å². The predicted molar refractivity (Wildman–Crippen MR) is 139 cm³/mol. The van der Waals surface area contributed by atoms with E-state index in [0.29, 0.717) is 16.8 Å². The number of carbonyl (C=O) groups excluding carboxylic acids is 2. The maximum absolute atomic E-state index is 12.5. The average Bonchev–Trinajstić information content (AvgIpc) is 2.84. The Labute approximate surface area is 199 Å². The van der Waals surface area contributed by atoms with E-state index in [0.717, 1.165) is 16.3 Å². The van der Waals surface area contributed by atoms with Crippen LogP contribution in [0.25, 0.3) is 10.8 Å². The minimum atomic E-state index is -0.326. The molecule has 0 aliphatic rings. The van der Waals surface area contributed by atoms with E-state index < -0.39 is 0 Å². The standard InChI is InChI=1S/C29H27N3O2/c1-29(2,3)25-14-10-22(11-15-25)27(33)31-26-16-12-23(13-17-26)28(34)32-30-19-20-8-9-21-6-4-5-7-24(21)18-20/h4-19H,1-3H3,(H,31,33)(H,32,34). The van der Waals surface area contributed by atoms with Gasteiger partial charge in [0.05, 0.1) is 6.21 Å². The molecule has 170 valence electrons. The van der Waals surface area contributed by atoms with Crippen molar-refractivity contribution in [3.63, 3.8) is 0 Å². The summed E-state index contributed by atoms with van der Waals surface area (Å²) in [5.41, 5.74) is 6.28. The van der Waals surface area contributed by atoms with Crippen molar-refractivity contribution in [2.75, 3.05) is 5.32 Å². The molecule has 2 amide bonds. The van der Waals surface area contributed by atoms with Crippen molar-refractivity contribution >= 4 is 34.5 Å². The van der Waals surface area contributed by atoms with Crippen LogP contribution < -0.4 is 10.7 Å². The molecule has 0 aliphatic heterocycles. The fourth-order valence-electron chi connectivity index (χ4n) is 3.55. The third-order valence-electron chi connectivity index (χ3n) is 5.57. The van der Waals surface area contributed by atoms with Gasteiger partial charge in [-0.15, -0.1) is 0 Å². The molecule has 0 heterocycles. The first kappa shape index (κ1) is 22.9.